The Morgan fingerprint density at radius 2 is 1.38 bits per heavy atom. The van der Waals surface area contributed by atoms with Crippen molar-refractivity contribution < 1.29 is 28.3 Å². The second kappa shape index (κ2) is 7.01. The molecule has 2 amide bonds. The first-order valence-electron chi connectivity index (χ1n) is 10.9. The molecule has 2 fully saturated rings. The summed E-state index contributed by atoms with van der Waals surface area (Å²) in [4.78, 5) is 55.5. The molecule has 3 aromatic rings. The molecule has 3 atom stereocenters. The molecule has 2 aliphatic heterocycles. The van der Waals surface area contributed by atoms with Gasteiger partial charge in [0.05, 0.1) is 23.6 Å². The van der Waals surface area contributed by atoms with Gasteiger partial charge in [-0.05, 0) is 24.6 Å². The molecule has 0 N–H and O–H groups in total. The molecule has 0 radical (unpaired) electrons. The molecule has 0 aromatic heterocycles. The molecular weight excluding hydrogens is 437 g/mol. The van der Waals surface area contributed by atoms with Gasteiger partial charge < -0.3 is 4.74 Å². The van der Waals surface area contributed by atoms with Crippen LogP contribution in [-0.4, -0.2) is 29.0 Å². The number of fused-ring (bicyclic) bond motifs is 3. The molecule has 34 heavy (non-hydrogen) atoms. The van der Waals surface area contributed by atoms with Crippen LogP contribution in [0.25, 0.3) is 0 Å². The van der Waals surface area contributed by atoms with Crippen molar-refractivity contribution in [2.24, 2.45) is 11.8 Å². The van der Waals surface area contributed by atoms with E-state index in [1.807, 2.05) is 19.1 Å². The van der Waals surface area contributed by atoms with Crippen molar-refractivity contribution >= 4 is 29.1 Å². The van der Waals surface area contributed by atoms with Crippen molar-refractivity contribution in [2.45, 2.75) is 18.6 Å². The van der Waals surface area contributed by atoms with Crippen molar-refractivity contribution in [3.8, 4) is 0 Å². The van der Waals surface area contributed by atoms with Crippen molar-refractivity contribution in [1.82, 2.24) is 0 Å². The Morgan fingerprint density at radius 3 is 2.00 bits per heavy atom. The lowest BCUT2D eigenvalue weighted by molar-refractivity contribution is -0.127. The van der Waals surface area contributed by atoms with Crippen LogP contribution in [0, 0.1) is 24.6 Å². The number of Topliss-reactive ketones (excluding diaryl/α,β-unsaturated/α-hetero) is 2. The molecular formula is C27H18FNO5. The van der Waals surface area contributed by atoms with Gasteiger partial charge >= 0.3 is 0 Å². The highest BCUT2D eigenvalue weighted by molar-refractivity contribution is 6.37. The molecule has 3 aromatic carbocycles. The van der Waals surface area contributed by atoms with Crippen LogP contribution in [0.15, 0.2) is 72.8 Å². The lowest BCUT2D eigenvalue weighted by atomic mass is 9.77. The van der Waals surface area contributed by atoms with E-state index in [9.17, 15) is 23.6 Å². The van der Waals surface area contributed by atoms with Crippen molar-refractivity contribution in [2.75, 3.05) is 4.90 Å². The minimum Gasteiger partial charge on any atom is -0.349 e. The van der Waals surface area contributed by atoms with Gasteiger partial charge in [0.1, 0.15) is 5.82 Å². The highest BCUT2D eigenvalue weighted by atomic mass is 19.1. The molecule has 0 saturated carbocycles. The van der Waals surface area contributed by atoms with Gasteiger partial charge in [0, 0.05) is 11.1 Å². The topological polar surface area (TPSA) is 80.8 Å². The average Bonchev–Trinajstić information content (AvgIpc) is 3.40. The summed E-state index contributed by atoms with van der Waals surface area (Å²) in [6.45, 7) is 1.90. The number of aryl methyl sites for hydroxylation is 1. The Labute approximate surface area is 193 Å². The van der Waals surface area contributed by atoms with Crippen LogP contribution in [0.1, 0.15) is 37.9 Å². The highest BCUT2D eigenvalue weighted by Gasteiger charge is 2.74. The Morgan fingerprint density at radius 1 is 0.794 bits per heavy atom. The van der Waals surface area contributed by atoms with Crippen LogP contribution >= 0.6 is 0 Å². The fourth-order valence-electron chi connectivity index (χ4n) is 5.44. The number of hydrogen-bond acceptors (Lipinski definition) is 5. The summed E-state index contributed by atoms with van der Waals surface area (Å²) in [5.41, 5.74) is -0.543. The van der Waals surface area contributed by atoms with E-state index in [0.717, 1.165) is 16.5 Å². The highest BCUT2D eigenvalue weighted by Crippen LogP contribution is 2.57. The molecule has 6 rings (SSSR count). The lowest BCUT2D eigenvalue weighted by Gasteiger charge is -2.27. The summed E-state index contributed by atoms with van der Waals surface area (Å²) in [6, 6.07) is 18.8. The third-order valence-corrected chi connectivity index (χ3v) is 7.02. The van der Waals surface area contributed by atoms with Crippen LogP contribution in [0.4, 0.5) is 10.1 Å². The number of nitrogens with zero attached hydrogens (tertiary/aromatic N) is 1. The van der Waals surface area contributed by atoms with E-state index in [2.05, 4.69) is 0 Å². The van der Waals surface area contributed by atoms with Gasteiger partial charge in [-0.2, -0.15) is 0 Å². The van der Waals surface area contributed by atoms with Crippen LogP contribution in [0.5, 0.6) is 0 Å². The van der Waals surface area contributed by atoms with Crippen molar-refractivity contribution in [1.29, 1.82) is 0 Å². The fourth-order valence-corrected chi connectivity index (χ4v) is 5.44. The molecule has 2 heterocycles. The van der Waals surface area contributed by atoms with Gasteiger partial charge in [-0.25, -0.2) is 9.29 Å². The number of amides is 2. The Balaban J connectivity index is 1.56. The van der Waals surface area contributed by atoms with E-state index < -0.39 is 52.7 Å². The number of halogens is 1. The van der Waals surface area contributed by atoms with Crippen LogP contribution in [0.2, 0.25) is 0 Å². The summed E-state index contributed by atoms with van der Waals surface area (Å²) in [6.07, 6.45) is -1.03. The van der Waals surface area contributed by atoms with E-state index in [-0.39, 0.29) is 16.8 Å². The zero-order chi connectivity index (χ0) is 23.8. The predicted molar refractivity (Wildman–Crippen MR) is 119 cm³/mol. The lowest BCUT2D eigenvalue weighted by Crippen LogP contribution is -2.51. The van der Waals surface area contributed by atoms with Crippen LogP contribution < -0.4 is 4.90 Å². The normalized spacial score (nSPS) is 24.8. The summed E-state index contributed by atoms with van der Waals surface area (Å²) in [5.74, 6) is -6.11. The zero-order valence-electron chi connectivity index (χ0n) is 18.0. The van der Waals surface area contributed by atoms with E-state index in [1.54, 1.807) is 24.3 Å². The van der Waals surface area contributed by atoms with Gasteiger partial charge in [0.15, 0.2) is 0 Å². The minimum absolute atomic E-state index is 0.153. The molecule has 0 bridgehead atoms. The summed E-state index contributed by atoms with van der Waals surface area (Å²) < 4.78 is 20.9. The first kappa shape index (κ1) is 20.6. The van der Waals surface area contributed by atoms with Gasteiger partial charge in [-0.3, -0.25) is 19.2 Å². The third-order valence-electron chi connectivity index (χ3n) is 7.02. The SMILES string of the molecule is Cc1ccc([C@H]2OC3(C(=O)c4ccccc4C3=O)[C@H]3C(=O)N(c4ccccc4F)C(=O)[C@H]23)cc1. The number of ether oxygens (including phenoxy) is 1. The number of benzene rings is 3. The Hall–Kier alpha value is -3.97. The smallest absolute Gasteiger partial charge is 0.241 e. The van der Waals surface area contributed by atoms with E-state index >= 15 is 0 Å². The van der Waals surface area contributed by atoms with Gasteiger partial charge in [0.25, 0.3) is 0 Å². The number of ketones is 2. The van der Waals surface area contributed by atoms with Crippen molar-refractivity contribution in [3.05, 3.63) is 101 Å². The zero-order valence-corrected chi connectivity index (χ0v) is 18.0. The van der Waals surface area contributed by atoms with E-state index in [0.29, 0.717) is 5.56 Å². The van der Waals surface area contributed by atoms with Crippen LogP contribution in [-0.2, 0) is 14.3 Å². The van der Waals surface area contributed by atoms with Crippen molar-refractivity contribution in [3.63, 3.8) is 0 Å². The number of carbonyl (C=O) groups excluding carboxylic acids is 4. The number of imide groups is 1. The molecule has 6 nitrogen and oxygen atoms in total. The molecule has 3 aliphatic rings. The molecule has 168 valence electrons. The van der Waals surface area contributed by atoms with Crippen LogP contribution in [0.3, 0.4) is 0 Å². The molecule has 2 saturated heterocycles. The summed E-state index contributed by atoms with van der Waals surface area (Å²) >= 11 is 0. The minimum atomic E-state index is -2.17. The molecule has 7 heteroatoms. The van der Waals surface area contributed by atoms with E-state index in [1.165, 1.54) is 30.3 Å². The predicted octanol–water partition coefficient (Wildman–Crippen LogP) is 3.83. The summed E-state index contributed by atoms with van der Waals surface area (Å²) in [7, 11) is 0. The van der Waals surface area contributed by atoms with E-state index in [4.69, 9.17) is 4.74 Å². The monoisotopic (exact) mass is 455 g/mol. The maximum Gasteiger partial charge on any atom is 0.241 e. The first-order valence-corrected chi connectivity index (χ1v) is 10.9. The second-order valence-corrected chi connectivity index (χ2v) is 8.86. The molecule has 1 aliphatic carbocycles. The first-order chi connectivity index (χ1) is 16.4. The number of para-hydroxylation sites is 1. The Bertz CT molecular complexity index is 1380. The van der Waals surface area contributed by atoms with Gasteiger partial charge in [0.2, 0.25) is 29.0 Å². The Kier molecular flexibility index (Phi) is 4.25. The number of rotatable bonds is 2. The summed E-state index contributed by atoms with van der Waals surface area (Å²) in [5, 5.41) is 0. The second-order valence-electron chi connectivity index (χ2n) is 8.86. The third kappa shape index (κ3) is 2.47. The van der Waals surface area contributed by atoms with Gasteiger partial charge in [-0.1, -0.05) is 66.2 Å². The fraction of sp³-hybridized carbons (Fsp3) is 0.185. The number of anilines is 1. The maximum absolute atomic E-state index is 14.7. The molecule has 1 spiro atoms. The number of carbonyl (C=O) groups is 4. The maximum atomic E-state index is 14.7. The largest absolute Gasteiger partial charge is 0.349 e. The average molecular weight is 455 g/mol. The number of hydrogen-bond donors (Lipinski definition) is 0. The standard InChI is InChI=1S/C27H18FNO5/c1-14-10-12-15(13-11-14)22-20-21(26(33)29(25(20)32)19-9-5-4-8-18(19)28)27(34-22)23(30)16-6-2-3-7-17(16)24(27)31/h2-13,20-22H,1H3/t20-,21+,22+/m0/s1. The quantitative estimate of drug-likeness (QED) is 0.433. The molecule has 0 unspecified atom stereocenters. The van der Waals surface area contributed by atoms with Gasteiger partial charge in [-0.15, -0.1) is 0 Å².